The molecule has 4 heteroatoms. The molecular weight excluding hydrogens is 260 g/mol. The molecule has 0 saturated carbocycles. The van der Waals surface area contributed by atoms with Crippen LogP contribution in [-0.2, 0) is 6.54 Å². The Hall–Kier alpha value is -1.58. The standard InChI is InChI=1S/C15H17ClN2O/c1-11(2)17-9-12-3-8-15(18-10-12)19-14-6-4-13(16)5-7-14/h3-8,10-11,17H,9H2,1-2H3. The average molecular weight is 277 g/mol. The second-order valence-corrected chi connectivity index (χ2v) is 5.03. The van der Waals surface area contributed by atoms with Crippen molar-refractivity contribution >= 4 is 11.6 Å². The maximum atomic E-state index is 5.82. The first-order chi connectivity index (χ1) is 9.13. The van der Waals surface area contributed by atoms with Gasteiger partial charge < -0.3 is 10.1 Å². The number of aromatic nitrogens is 1. The second-order valence-electron chi connectivity index (χ2n) is 4.60. The summed E-state index contributed by atoms with van der Waals surface area (Å²) in [5.74, 6) is 1.31. The van der Waals surface area contributed by atoms with Gasteiger partial charge in [0, 0.05) is 29.9 Å². The third-order valence-electron chi connectivity index (χ3n) is 2.55. The molecule has 100 valence electrons. The van der Waals surface area contributed by atoms with E-state index >= 15 is 0 Å². The first kappa shape index (κ1) is 13.8. The lowest BCUT2D eigenvalue weighted by Gasteiger charge is -2.08. The molecule has 0 atom stereocenters. The van der Waals surface area contributed by atoms with Crippen molar-refractivity contribution in [3.63, 3.8) is 0 Å². The predicted octanol–water partition coefficient (Wildman–Crippen LogP) is 4.03. The van der Waals surface area contributed by atoms with Crippen molar-refractivity contribution in [2.45, 2.75) is 26.4 Å². The van der Waals surface area contributed by atoms with E-state index in [4.69, 9.17) is 16.3 Å². The third-order valence-corrected chi connectivity index (χ3v) is 2.80. The first-order valence-corrected chi connectivity index (χ1v) is 6.63. The van der Waals surface area contributed by atoms with E-state index in [0.717, 1.165) is 17.9 Å². The highest BCUT2D eigenvalue weighted by Crippen LogP contribution is 2.21. The van der Waals surface area contributed by atoms with E-state index in [1.54, 1.807) is 12.1 Å². The predicted molar refractivity (Wildman–Crippen MR) is 77.7 cm³/mol. The van der Waals surface area contributed by atoms with Gasteiger partial charge in [0.15, 0.2) is 0 Å². The summed E-state index contributed by atoms with van der Waals surface area (Å²) in [4.78, 5) is 4.28. The van der Waals surface area contributed by atoms with E-state index in [1.165, 1.54) is 0 Å². The van der Waals surface area contributed by atoms with Crippen molar-refractivity contribution in [2.75, 3.05) is 0 Å². The minimum absolute atomic E-state index is 0.463. The minimum atomic E-state index is 0.463. The van der Waals surface area contributed by atoms with Crippen LogP contribution in [0.3, 0.4) is 0 Å². The summed E-state index contributed by atoms with van der Waals surface area (Å²) < 4.78 is 5.62. The SMILES string of the molecule is CC(C)NCc1ccc(Oc2ccc(Cl)cc2)nc1. The Morgan fingerprint density at radius 3 is 2.47 bits per heavy atom. The quantitative estimate of drug-likeness (QED) is 0.895. The maximum absolute atomic E-state index is 5.82. The molecule has 0 radical (unpaired) electrons. The molecular formula is C15H17ClN2O. The zero-order valence-corrected chi connectivity index (χ0v) is 11.8. The number of halogens is 1. The monoisotopic (exact) mass is 276 g/mol. The summed E-state index contributed by atoms with van der Waals surface area (Å²) in [7, 11) is 0. The van der Waals surface area contributed by atoms with Crippen molar-refractivity contribution in [3.8, 4) is 11.6 Å². The Morgan fingerprint density at radius 1 is 1.16 bits per heavy atom. The fourth-order valence-electron chi connectivity index (χ4n) is 1.52. The Balaban J connectivity index is 1.96. The normalized spacial score (nSPS) is 10.7. The van der Waals surface area contributed by atoms with Gasteiger partial charge in [-0.05, 0) is 29.8 Å². The third kappa shape index (κ3) is 4.54. The molecule has 0 bridgehead atoms. The Labute approximate surface area is 118 Å². The van der Waals surface area contributed by atoms with E-state index in [2.05, 4.69) is 24.1 Å². The number of benzene rings is 1. The lowest BCUT2D eigenvalue weighted by molar-refractivity contribution is 0.462. The molecule has 0 aliphatic heterocycles. The van der Waals surface area contributed by atoms with Crippen LogP contribution >= 0.6 is 11.6 Å². The van der Waals surface area contributed by atoms with Crippen molar-refractivity contribution in [2.24, 2.45) is 0 Å². The molecule has 1 heterocycles. The van der Waals surface area contributed by atoms with Crippen LogP contribution in [0.25, 0.3) is 0 Å². The molecule has 2 rings (SSSR count). The van der Waals surface area contributed by atoms with E-state index in [1.807, 2.05) is 30.5 Å². The Bertz CT molecular complexity index is 509. The first-order valence-electron chi connectivity index (χ1n) is 6.25. The summed E-state index contributed by atoms with van der Waals surface area (Å²) in [5.41, 5.74) is 1.14. The van der Waals surface area contributed by atoms with Crippen LogP contribution in [0, 0.1) is 0 Å². The summed E-state index contributed by atoms with van der Waals surface area (Å²) >= 11 is 5.82. The molecule has 0 fully saturated rings. The van der Waals surface area contributed by atoms with E-state index in [9.17, 15) is 0 Å². The molecule has 0 saturated heterocycles. The van der Waals surface area contributed by atoms with Gasteiger partial charge in [-0.1, -0.05) is 31.5 Å². The molecule has 3 nitrogen and oxygen atoms in total. The molecule has 1 aromatic heterocycles. The zero-order valence-electron chi connectivity index (χ0n) is 11.1. The Morgan fingerprint density at radius 2 is 1.89 bits per heavy atom. The molecule has 2 aromatic rings. The molecule has 0 aliphatic carbocycles. The molecule has 0 unspecified atom stereocenters. The van der Waals surface area contributed by atoms with Crippen LogP contribution in [0.5, 0.6) is 11.6 Å². The van der Waals surface area contributed by atoms with Gasteiger partial charge in [0.1, 0.15) is 5.75 Å². The van der Waals surface area contributed by atoms with Gasteiger partial charge in [0.2, 0.25) is 5.88 Å². The van der Waals surface area contributed by atoms with Gasteiger partial charge in [0.25, 0.3) is 0 Å². The number of rotatable bonds is 5. The van der Waals surface area contributed by atoms with Gasteiger partial charge >= 0.3 is 0 Å². The molecule has 1 aromatic carbocycles. The summed E-state index contributed by atoms with van der Waals surface area (Å²) in [6, 6.07) is 11.6. The molecule has 0 aliphatic rings. The van der Waals surface area contributed by atoms with Crippen LogP contribution in [0.1, 0.15) is 19.4 Å². The minimum Gasteiger partial charge on any atom is -0.439 e. The number of pyridine rings is 1. The fraction of sp³-hybridized carbons (Fsp3) is 0.267. The molecule has 1 N–H and O–H groups in total. The van der Waals surface area contributed by atoms with Crippen LogP contribution < -0.4 is 10.1 Å². The van der Waals surface area contributed by atoms with Gasteiger partial charge in [-0.25, -0.2) is 4.98 Å². The fourth-order valence-corrected chi connectivity index (χ4v) is 1.65. The summed E-state index contributed by atoms with van der Waals surface area (Å²) in [5, 5.41) is 4.03. The van der Waals surface area contributed by atoms with Crippen LogP contribution in [-0.4, -0.2) is 11.0 Å². The van der Waals surface area contributed by atoms with Crippen molar-refractivity contribution in [3.05, 3.63) is 53.2 Å². The van der Waals surface area contributed by atoms with E-state index in [0.29, 0.717) is 16.9 Å². The number of nitrogens with zero attached hydrogens (tertiary/aromatic N) is 1. The molecule has 0 spiro atoms. The molecule has 19 heavy (non-hydrogen) atoms. The van der Waals surface area contributed by atoms with Gasteiger partial charge in [-0.15, -0.1) is 0 Å². The van der Waals surface area contributed by atoms with E-state index in [-0.39, 0.29) is 0 Å². The van der Waals surface area contributed by atoms with Crippen molar-refractivity contribution in [1.82, 2.24) is 10.3 Å². The van der Waals surface area contributed by atoms with Crippen LogP contribution in [0.15, 0.2) is 42.6 Å². The largest absolute Gasteiger partial charge is 0.439 e. The highest BCUT2D eigenvalue weighted by molar-refractivity contribution is 6.30. The van der Waals surface area contributed by atoms with Crippen molar-refractivity contribution in [1.29, 1.82) is 0 Å². The van der Waals surface area contributed by atoms with Crippen molar-refractivity contribution < 1.29 is 4.74 Å². The zero-order chi connectivity index (χ0) is 13.7. The number of ether oxygens (including phenoxy) is 1. The highest BCUT2D eigenvalue weighted by atomic mass is 35.5. The van der Waals surface area contributed by atoms with Gasteiger partial charge in [0.05, 0.1) is 0 Å². The van der Waals surface area contributed by atoms with Gasteiger partial charge in [-0.2, -0.15) is 0 Å². The lowest BCUT2D eigenvalue weighted by Crippen LogP contribution is -2.21. The maximum Gasteiger partial charge on any atom is 0.219 e. The van der Waals surface area contributed by atoms with Crippen LogP contribution in [0.4, 0.5) is 0 Å². The number of hydrogen-bond acceptors (Lipinski definition) is 3. The average Bonchev–Trinajstić information content (AvgIpc) is 2.40. The Kier molecular flexibility index (Phi) is 4.77. The smallest absolute Gasteiger partial charge is 0.219 e. The number of hydrogen-bond donors (Lipinski definition) is 1. The van der Waals surface area contributed by atoms with Crippen LogP contribution in [0.2, 0.25) is 5.02 Å². The summed E-state index contributed by atoms with van der Waals surface area (Å²) in [6.45, 7) is 5.04. The molecule has 0 amide bonds. The summed E-state index contributed by atoms with van der Waals surface area (Å²) in [6.07, 6.45) is 1.82. The highest BCUT2D eigenvalue weighted by Gasteiger charge is 2.00. The number of nitrogens with one attached hydrogen (secondary N) is 1. The topological polar surface area (TPSA) is 34.1 Å². The van der Waals surface area contributed by atoms with Gasteiger partial charge in [-0.3, -0.25) is 0 Å². The lowest BCUT2D eigenvalue weighted by atomic mass is 10.2. The second kappa shape index (κ2) is 6.55. The van der Waals surface area contributed by atoms with E-state index < -0.39 is 0 Å².